The fourth-order valence-electron chi connectivity index (χ4n) is 2.09. The summed E-state index contributed by atoms with van der Waals surface area (Å²) in [6.45, 7) is 0.245. The van der Waals surface area contributed by atoms with Crippen LogP contribution in [-0.2, 0) is 21.4 Å². The van der Waals surface area contributed by atoms with Gasteiger partial charge in [0.2, 0.25) is 5.91 Å². The Hall–Kier alpha value is -1.06. The first-order valence-electron chi connectivity index (χ1n) is 7.50. The molecule has 9 heteroatoms. The number of benzene rings is 1. The van der Waals surface area contributed by atoms with Crippen molar-refractivity contribution in [2.75, 3.05) is 12.0 Å². The molecule has 0 bridgehead atoms. The van der Waals surface area contributed by atoms with Gasteiger partial charge in [0.25, 0.3) is 10.0 Å². The molecule has 1 aromatic carbocycles. The van der Waals surface area contributed by atoms with Crippen LogP contribution < -0.4 is 10.0 Å². The van der Waals surface area contributed by atoms with E-state index in [-0.39, 0.29) is 16.7 Å². The molecule has 2 aromatic rings. The summed E-state index contributed by atoms with van der Waals surface area (Å²) in [4.78, 5) is 12.5. The summed E-state index contributed by atoms with van der Waals surface area (Å²) >= 11 is 8.75. The molecule has 0 aliphatic carbocycles. The van der Waals surface area contributed by atoms with E-state index in [2.05, 4.69) is 10.0 Å². The summed E-state index contributed by atoms with van der Waals surface area (Å²) in [6.07, 6.45) is 2.31. The zero-order valence-electron chi connectivity index (χ0n) is 13.6. The maximum Gasteiger partial charge on any atom is 0.250 e. The SMILES string of the molecule is CSCC[C@@H](NS(=O)(=O)c1cccs1)C(=O)NCc1ccccc1Cl. The molecule has 0 unspecified atom stereocenters. The molecule has 0 aliphatic rings. The minimum Gasteiger partial charge on any atom is -0.351 e. The van der Waals surface area contributed by atoms with Crippen LogP contribution in [0.4, 0.5) is 0 Å². The van der Waals surface area contributed by atoms with Crippen molar-refractivity contribution < 1.29 is 13.2 Å². The third-order valence-corrected chi connectivity index (χ3v) is 7.28. The van der Waals surface area contributed by atoms with Crippen LogP contribution in [-0.4, -0.2) is 32.4 Å². The highest BCUT2D eigenvalue weighted by Gasteiger charge is 2.26. The second kappa shape index (κ2) is 9.59. The molecule has 0 spiro atoms. The van der Waals surface area contributed by atoms with Crippen LogP contribution in [0.3, 0.4) is 0 Å². The number of halogens is 1. The second-order valence-corrected chi connectivity index (χ2v) is 9.48. The van der Waals surface area contributed by atoms with E-state index in [0.29, 0.717) is 17.2 Å². The van der Waals surface area contributed by atoms with Crippen LogP contribution in [0.2, 0.25) is 5.02 Å². The Balaban J connectivity index is 2.05. The third kappa shape index (κ3) is 6.00. The van der Waals surface area contributed by atoms with Crippen molar-refractivity contribution in [3.63, 3.8) is 0 Å². The van der Waals surface area contributed by atoms with Crippen LogP contribution in [0.15, 0.2) is 46.0 Å². The van der Waals surface area contributed by atoms with Crippen LogP contribution in [0.1, 0.15) is 12.0 Å². The van der Waals surface area contributed by atoms with E-state index in [1.54, 1.807) is 29.3 Å². The Labute approximate surface area is 161 Å². The highest BCUT2D eigenvalue weighted by molar-refractivity contribution is 7.98. The predicted octanol–water partition coefficient (Wildman–Crippen LogP) is 3.12. The van der Waals surface area contributed by atoms with E-state index in [0.717, 1.165) is 16.9 Å². The molecular weight excluding hydrogens is 400 g/mol. The molecule has 1 heterocycles. The topological polar surface area (TPSA) is 75.3 Å². The Morgan fingerprint density at radius 1 is 1.28 bits per heavy atom. The van der Waals surface area contributed by atoms with E-state index in [1.165, 1.54) is 6.07 Å². The lowest BCUT2D eigenvalue weighted by Crippen LogP contribution is -2.46. The van der Waals surface area contributed by atoms with Gasteiger partial charge in [0.15, 0.2) is 0 Å². The molecule has 2 rings (SSSR count). The fraction of sp³-hybridized carbons (Fsp3) is 0.312. The monoisotopic (exact) mass is 418 g/mol. The minimum absolute atomic E-state index is 0.195. The summed E-state index contributed by atoms with van der Waals surface area (Å²) in [7, 11) is -3.71. The fourth-order valence-corrected chi connectivity index (χ4v) is 5.00. The van der Waals surface area contributed by atoms with E-state index in [1.807, 2.05) is 24.5 Å². The quantitative estimate of drug-likeness (QED) is 0.656. The van der Waals surface area contributed by atoms with Crippen LogP contribution in [0.5, 0.6) is 0 Å². The summed E-state index contributed by atoms with van der Waals surface area (Å²) in [5, 5.41) is 5.00. The van der Waals surface area contributed by atoms with Crippen molar-refractivity contribution in [2.24, 2.45) is 0 Å². The van der Waals surface area contributed by atoms with Crippen molar-refractivity contribution in [3.05, 3.63) is 52.4 Å². The summed E-state index contributed by atoms with van der Waals surface area (Å²) in [5.74, 6) is 0.297. The third-order valence-electron chi connectivity index (χ3n) is 3.40. The number of carbonyl (C=O) groups is 1. The van der Waals surface area contributed by atoms with Gasteiger partial charge in [0.1, 0.15) is 10.3 Å². The molecule has 0 fully saturated rings. The Bertz CT molecular complexity index is 795. The average molecular weight is 419 g/mol. The number of amides is 1. The summed E-state index contributed by atoms with van der Waals surface area (Å²) in [6, 6.07) is 9.54. The molecule has 0 radical (unpaired) electrons. The Morgan fingerprint density at radius 2 is 2.04 bits per heavy atom. The largest absolute Gasteiger partial charge is 0.351 e. The van der Waals surface area contributed by atoms with Gasteiger partial charge in [-0.2, -0.15) is 16.5 Å². The van der Waals surface area contributed by atoms with E-state index in [4.69, 9.17) is 11.6 Å². The number of hydrogen-bond donors (Lipinski definition) is 2. The molecular formula is C16H19ClN2O3S3. The molecule has 1 atom stereocenters. The summed E-state index contributed by atoms with van der Waals surface area (Å²) < 4.78 is 27.5. The van der Waals surface area contributed by atoms with Crippen molar-refractivity contribution in [1.29, 1.82) is 0 Å². The molecule has 0 saturated carbocycles. The molecule has 1 amide bonds. The summed E-state index contributed by atoms with van der Waals surface area (Å²) in [5.41, 5.74) is 0.780. The normalized spacial score (nSPS) is 12.7. The minimum atomic E-state index is -3.71. The standard InChI is InChI=1S/C16H19ClN2O3S3/c1-23-10-8-14(19-25(21,22)15-7-4-9-24-15)16(20)18-11-12-5-2-3-6-13(12)17/h2-7,9,14,19H,8,10-11H2,1H3,(H,18,20)/t14-/m1/s1. The number of hydrogen-bond acceptors (Lipinski definition) is 5. The predicted molar refractivity (Wildman–Crippen MR) is 105 cm³/mol. The first-order valence-corrected chi connectivity index (χ1v) is 11.6. The van der Waals surface area contributed by atoms with Gasteiger partial charge in [0, 0.05) is 11.6 Å². The molecule has 0 aliphatic heterocycles. The average Bonchev–Trinajstić information content (AvgIpc) is 3.13. The van der Waals surface area contributed by atoms with Crippen molar-refractivity contribution in [3.8, 4) is 0 Å². The second-order valence-electron chi connectivity index (χ2n) is 5.20. The van der Waals surface area contributed by atoms with Crippen molar-refractivity contribution in [1.82, 2.24) is 10.0 Å². The number of thioether (sulfide) groups is 1. The van der Waals surface area contributed by atoms with Gasteiger partial charge in [-0.3, -0.25) is 4.79 Å². The van der Waals surface area contributed by atoms with Crippen LogP contribution >= 0.6 is 34.7 Å². The molecule has 25 heavy (non-hydrogen) atoms. The van der Waals surface area contributed by atoms with Gasteiger partial charge >= 0.3 is 0 Å². The molecule has 2 N–H and O–H groups in total. The zero-order valence-corrected chi connectivity index (χ0v) is 16.8. The van der Waals surface area contributed by atoms with Gasteiger partial charge in [-0.1, -0.05) is 35.9 Å². The van der Waals surface area contributed by atoms with Gasteiger partial charge in [-0.05, 0) is 41.5 Å². The maximum atomic E-state index is 12.5. The lowest BCUT2D eigenvalue weighted by molar-refractivity contribution is -0.122. The number of sulfonamides is 1. The first kappa shape index (κ1) is 20.3. The molecule has 136 valence electrons. The molecule has 5 nitrogen and oxygen atoms in total. The highest BCUT2D eigenvalue weighted by atomic mass is 35.5. The zero-order chi connectivity index (χ0) is 18.3. The first-order chi connectivity index (χ1) is 11.9. The van der Waals surface area contributed by atoms with Gasteiger partial charge < -0.3 is 5.32 Å². The Kier molecular flexibility index (Phi) is 7.77. The van der Waals surface area contributed by atoms with Crippen molar-refractivity contribution in [2.45, 2.75) is 23.2 Å². The number of thiophene rings is 1. The molecule has 0 saturated heterocycles. The van der Waals surface area contributed by atoms with Crippen LogP contribution in [0.25, 0.3) is 0 Å². The van der Waals surface area contributed by atoms with Crippen molar-refractivity contribution >= 4 is 50.6 Å². The van der Waals surface area contributed by atoms with Gasteiger partial charge in [0.05, 0.1) is 0 Å². The van der Waals surface area contributed by atoms with E-state index >= 15 is 0 Å². The highest BCUT2D eigenvalue weighted by Crippen LogP contribution is 2.17. The smallest absolute Gasteiger partial charge is 0.250 e. The van der Waals surface area contributed by atoms with E-state index < -0.39 is 16.1 Å². The lowest BCUT2D eigenvalue weighted by atomic mass is 10.2. The maximum absolute atomic E-state index is 12.5. The molecule has 1 aromatic heterocycles. The number of carbonyl (C=O) groups excluding carboxylic acids is 1. The van der Waals surface area contributed by atoms with Gasteiger partial charge in [-0.15, -0.1) is 11.3 Å². The van der Waals surface area contributed by atoms with E-state index in [9.17, 15) is 13.2 Å². The van der Waals surface area contributed by atoms with Crippen LogP contribution in [0, 0.1) is 0 Å². The number of nitrogens with one attached hydrogen (secondary N) is 2. The lowest BCUT2D eigenvalue weighted by Gasteiger charge is -2.18. The van der Waals surface area contributed by atoms with Gasteiger partial charge in [-0.25, -0.2) is 8.42 Å². The Morgan fingerprint density at radius 3 is 2.68 bits per heavy atom. The number of rotatable bonds is 9.